The number of rotatable bonds is 6. The largest absolute Gasteiger partial charge is 0.493 e. The maximum absolute atomic E-state index is 13.3. The first-order chi connectivity index (χ1) is 15.2. The Balaban J connectivity index is 1.32. The predicted octanol–water partition coefficient (Wildman–Crippen LogP) is 4.66. The van der Waals surface area contributed by atoms with Crippen LogP contribution in [0.25, 0.3) is 0 Å². The van der Waals surface area contributed by atoms with Crippen molar-refractivity contribution in [1.82, 2.24) is 5.32 Å². The third kappa shape index (κ3) is 3.36. The van der Waals surface area contributed by atoms with Gasteiger partial charge in [0.15, 0.2) is 11.5 Å². The van der Waals surface area contributed by atoms with E-state index in [2.05, 4.69) is 53.8 Å². The lowest BCUT2D eigenvalue weighted by molar-refractivity contribution is -0.126. The lowest BCUT2D eigenvalue weighted by Gasteiger charge is -2.44. The summed E-state index contributed by atoms with van der Waals surface area (Å²) in [4.78, 5) is 13.3. The molecule has 0 saturated heterocycles. The van der Waals surface area contributed by atoms with Crippen LogP contribution in [0.2, 0.25) is 0 Å². The van der Waals surface area contributed by atoms with Crippen LogP contribution < -0.4 is 14.8 Å². The summed E-state index contributed by atoms with van der Waals surface area (Å²) in [5.74, 6) is 1.99. The summed E-state index contributed by atoms with van der Waals surface area (Å²) in [5.41, 5.74) is 6.52. The summed E-state index contributed by atoms with van der Waals surface area (Å²) in [7, 11) is 3.27. The van der Waals surface area contributed by atoms with E-state index in [9.17, 15) is 4.79 Å². The molecule has 0 aliphatic heterocycles. The molecule has 1 atom stereocenters. The molecule has 1 N–H and O–H groups in total. The number of methoxy groups -OCH3 is 2. The molecule has 3 aromatic rings. The van der Waals surface area contributed by atoms with Crippen molar-refractivity contribution in [2.75, 3.05) is 20.8 Å². The van der Waals surface area contributed by atoms with Crippen LogP contribution in [0.15, 0.2) is 66.7 Å². The first-order valence-corrected chi connectivity index (χ1v) is 10.9. The Labute approximate surface area is 183 Å². The number of benzene rings is 3. The normalized spacial score (nSPS) is 20.5. The molecular weight excluding hydrogens is 386 g/mol. The van der Waals surface area contributed by atoms with Gasteiger partial charge in [-0.05, 0) is 52.8 Å². The van der Waals surface area contributed by atoms with E-state index >= 15 is 0 Å². The molecule has 0 radical (unpaired) electrons. The second-order valence-corrected chi connectivity index (χ2v) is 8.36. The van der Waals surface area contributed by atoms with E-state index in [4.69, 9.17) is 9.47 Å². The highest BCUT2D eigenvalue weighted by molar-refractivity contribution is 5.82. The molecule has 3 aromatic carbocycles. The van der Waals surface area contributed by atoms with Gasteiger partial charge in [-0.15, -0.1) is 0 Å². The minimum absolute atomic E-state index is 0.0276. The molecule has 0 unspecified atom stereocenters. The van der Waals surface area contributed by atoms with E-state index in [0.29, 0.717) is 24.0 Å². The number of carbonyl (C=O) groups excluding carboxylic acids is 1. The first kappa shape index (κ1) is 19.7. The standard InChI is InChI=1S/C27H27NO3/c1-30-24-12-11-17(15-25(24)31-2)13-14-28-27(29)23-16-22-18-7-3-5-9-20(18)26(23)21-10-6-4-8-19(21)22/h3-12,15,22-23,26H,13-14,16H2,1-2H3,(H,28,29)/t22?,23-,26?/m0/s1. The van der Waals surface area contributed by atoms with Gasteiger partial charge >= 0.3 is 0 Å². The zero-order chi connectivity index (χ0) is 21.4. The molecule has 31 heavy (non-hydrogen) atoms. The van der Waals surface area contributed by atoms with E-state index in [1.165, 1.54) is 22.3 Å². The molecule has 1 amide bonds. The minimum Gasteiger partial charge on any atom is -0.493 e. The molecular formula is C27H27NO3. The molecule has 4 nitrogen and oxygen atoms in total. The number of hydrogen-bond acceptors (Lipinski definition) is 3. The molecule has 158 valence electrons. The Kier molecular flexibility index (Phi) is 5.14. The fourth-order valence-corrected chi connectivity index (χ4v) is 5.39. The van der Waals surface area contributed by atoms with E-state index in [-0.39, 0.29) is 17.7 Å². The van der Waals surface area contributed by atoms with Gasteiger partial charge in [0.2, 0.25) is 5.91 Å². The summed E-state index contributed by atoms with van der Waals surface area (Å²) in [6.45, 7) is 0.603. The van der Waals surface area contributed by atoms with Gasteiger partial charge < -0.3 is 14.8 Å². The van der Waals surface area contributed by atoms with Gasteiger partial charge in [0.1, 0.15) is 0 Å². The van der Waals surface area contributed by atoms with Crippen LogP contribution in [0.3, 0.4) is 0 Å². The quantitative estimate of drug-likeness (QED) is 0.639. The highest BCUT2D eigenvalue weighted by atomic mass is 16.5. The van der Waals surface area contributed by atoms with Crippen LogP contribution in [0.1, 0.15) is 46.1 Å². The molecule has 0 aromatic heterocycles. The Morgan fingerprint density at radius 2 is 1.48 bits per heavy atom. The Hall–Kier alpha value is -3.27. The lowest BCUT2D eigenvalue weighted by atomic mass is 9.59. The van der Waals surface area contributed by atoms with Crippen molar-refractivity contribution in [3.8, 4) is 11.5 Å². The summed E-state index contributed by atoms with van der Waals surface area (Å²) in [6.07, 6.45) is 1.63. The summed E-state index contributed by atoms with van der Waals surface area (Å²) in [5, 5.41) is 3.20. The van der Waals surface area contributed by atoms with Gasteiger partial charge in [0, 0.05) is 24.3 Å². The zero-order valence-corrected chi connectivity index (χ0v) is 17.9. The topological polar surface area (TPSA) is 47.6 Å². The molecule has 0 heterocycles. The van der Waals surface area contributed by atoms with Gasteiger partial charge in [0.05, 0.1) is 14.2 Å². The number of fused-ring (bicyclic) bond motifs is 1. The van der Waals surface area contributed by atoms with E-state index in [1.54, 1.807) is 14.2 Å². The molecule has 3 aliphatic rings. The molecule has 0 saturated carbocycles. The molecule has 0 fully saturated rings. The van der Waals surface area contributed by atoms with Crippen LogP contribution in [0.5, 0.6) is 11.5 Å². The van der Waals surface area contributed by atoms with Gasteiger partial charge in [-0.1, -0.05) is 54.6 Å². The van der Waals surface area contributed by atoms with Crippen LogP contribution in [0, 0.1) is 5.92 Å². The fraction of sp³-hybridized carbons (Fsp3) is 0.296. The second kappa shape index (κ2) is 8.10. The summed E-state index contributed by atoms with van der Waals surface area (Å²) >= 11 is 0. The van der Waals surface area contributed by atoms with Crippen molar-refractivity contribution in [2.45, 2.75) is 24.7 Å². The Bertz CT molecular complexity index is 1080. The first-order valence-electron chi connectivity index (χ1n) is 10.9. The second-order valence-electron chi connectivity index (χ2n) is 8.36. The molecule has 2 bridgehead atoms. The summed E-state index contributed by atoms with van der Waals surface area (Å²) < 4.78 is 10.7. The monoisotopic (exact) mass is 413 g/mol. The van der Waals surface area contributed by atoms with Gasteiger partial charge in [-0.2, -0.15) is 0 Å². The Morgan fingerprint density at radius 3 is 2.10 bits per heavy atom. The van der Waals surface area contributed by atoms with Crippen molar-refractivity contribution in [1.29, 1.82) is 0 Å². The highest BCUT2D eigenvalue weighted by Crippen LogP contribution is 2.55. The van der Waals surface area contributed by atoms with Crippen LogP contribution >= 0.6 is 0 Å². The third-order valence-electron chi connectivity index (χ3n) is 6.80. The average Bonchev–Trinajstić information content (AvgIpc) is 2.83. The van der Waals surface area contributed by atoms with Gasteiger partial charge in [-0.25, -0.2) is 0 Å². The van der Waals surface area contributed by atoms with Gasteiger partial charge in [0.25, 0.3) is 0 Å². The molecule has 6 rings (SSSR count). The number of hydrogen-bond donors (Lipinski definition) is 1. The minimum atomic E-state index is -0.0276. The van der Waals surface area contributed by atoms with Crippen molar-refractivity contribution in [3.63, 3.8) is 0 Å². The van der Waals surface area contributed by atoms with Crippen LogP contribution in [-0.2, 0) is 11.2 Å². The van der Waals surface area contributed by atoms with Crippen molar-refractivity contribution < 1.29 is 14.3 Å². The average molecular weight is 414 g/mol. The molecule has 3 aliphatic carbocycles. The number of nitrogens with one attached hydrogen (secondary N) is 1. The maximum atomic E-state index is 13.3. The fourth-order valence-electron chi connectivity index (χ4n) is 5.39. The number of ether oxygens (including phenoxy) is 2. The van der Waals surface area contributed by atoms with E-state index in [1.807, 2.05) is 18.2 Å². The lowest BCUT2D eigenvalue weighted by Crippen LogP contribution is -2.42. The van der Waals surface area contributed by atoms with Crippen LogP contribution in [-0.4, -0.2) is 26.7 Å². The van der Waals surface area contributed by atoms with Crippen molar-refractivity contribution >= 4 is 5.91 Å². The maximum Gasteiger partial charge on any atom is 0.224 e. The summed E-state index contributed by atoms with van der Waals surface area (Å²) in [6, 6.07) is 23.2. The Morgan fingerprint density at radius 1 is 0.871 bits per heavy atom. The molecule has 4 heteroatoms. The van der Waals surface area contributed by atoms with Crippen LogP contribution in [0.4, 0.5) is 0 Å². The molecule has 0 spiro atoms. The van der Waals surface area contributed by atoms with Gasteiger partial charge in [-0.3, -0.25) is 4.79 Å². The smallest absolute Gasteiger partial charge is 0.224 e. The SMILES string of the molecule is COc1ccc(CCNC(=O)[C@H]2CC3c4ccccc4C2c2ccccc23)cc1OC. The third-order valence-corrected chi connectivity index (χ3v) is 6.80. The predicted molar refractivity (Wildman–Crippen MR) is 121 cm³/mol. The van der Waals surface area contributed by atoms with Crippen molar-refractivity contribution in [2.24, 2.45) is 5.92 Å². The number of amides is 1. The zero-order valence-electron chi connectivity index (χ0n) is 17.9. The van der Waals surface area contributed by atoms with E-state index < -0.39 is 0 Å². The van der Waals surface area contributed by atoms with Crippen molar-refractivity contribution in [3.05, 3.63) is 94.5 Å². The number of carbonyl (C=O) groups is 1. The highest BCUT2D eigenvalue weighted by Gasteiger charge is 2.45. The van der Waals surface area contributed by atoms with E-state index in [0.717, 1.165) is 18.4 Å².